The molecule has 3 nitrogen and oxygen atoms in total. The van der Waals surface area contributed by atoms with E-state index in [1.807, 2.05) is 7.11 Å². The molecule has 100 valence electrons. The number of hydrogen-bond donors (Lipinski definition) is 1. The molecule has 1 fully saturated rings. The summed E-state index contributed by atoms with van der Waals surface area (Å²) in [6.07, 6.45) is 5.18. The molecule has 0 bridgehead atoms. The molecule has 0 aromatic heterocycles. The number of anilines is 1. The molecule has 1 N–H and O–H groups in total. The second-order valence-electron chi connectivity index (χ2n) is 4.98. The highest BCUT2D eigenvalue weighted by Crippen LogP contribution is 2.23. The molecule has 0 aliphatic heterocycles. The maximum Gasteiger partial charge on any atom is 0.0713 e. The van der Waals surface area contributed by atoms with Gasteiger partial charge in [0.05, 0.1) is 12.7 Å². The van der Waals surface area contributed by atoms with Gasteiger partial charge >= 0.3 is 0 Å². The minimum Gasteiger partial charge on any atom is -0.382 e. The molecule has 0 heterocycles. The first-order valence-corrected chi connectivity index (χ1v) is 6.69. The van der Waals surface area contributed by atoms with Crippen molar-refractivity contribution >= 4 is 5.69 Å². The average molecular weight is 249 g/mol. The Bertz CT molecular complexity index is 342. The van der Waals surface area contributed by atoms with E-state index in [-0.39, 0.29) is 0 Å². The van der Waals surface area contributed by atoms with Crippen LogP contribution in [0.1, 0.15) is 31.2 Å². The summed E-state index contributed by atoms with van der Waals surface area (Å²) in [7, 11) is 3.54. The Morgan fingerprint density at radius 1 is 1.06 bits per heavy atom. The maximum atomic E-state index is 5.39. The van der Waals surface area contributed by atoms with Crippen molar-refractivity contribution in [2.75, 3.05) is 19.5 Å². The van der Waals surface area contributed by atoms with Crippen LogP contribution in [0.5, 0.6) is 0 Å². The Labute approximate surface area is 109 Å². The van der Waals surface area contributed by atoms with E-state index in [2.05, 4.69) is 29.6 Å². The van der Waals surface area contributed by atoms with E-state index in [9.17, 15) is 0 Å². The van der Waals surface area contributed by atoms with Crippen LogP contribution in [0.4, 0.5) is 5.69 Å². The minimum absolute atomic E-state index is 0.465. The van der Waals surface area contributed by atoms with Gasteiger partial charge in [0.1, 0.15) is 0 Å². The van der Waals surface area contributed by atoms with Gasteiger partial charge in [0.15, 0.2) is 0 Å². The van der Waals surface area contributed by atoms with E-state index >= 15 is 0 Å². The zero-order chi connectivity index (χ0) is 12.8. The summed E-state index contributed by atoms with van der Waals surface area (Å²) in [4.78, 5) is 0. The molecule has 2 rings (SSSR count). The van der Waals surface area contributed by atoms with Gasteiger partial charge in [-0.1, -0.05) is 12.1 Å². The van der Waals surface area contributed by atoms with Gasteiger partial charge in [-0.15, -0.1) is 0 Å². The first kappa shape index (κ1) is 13.4. The van der Waals surface area contributed by atoms with Gasteiger partial charge in [-0.05, 0) is 43.4 Å². The van der Waals surface area contributed by atoms with E-state index in [4.69, 9.17) is 9.47 Å². The van der Waals surface area contributed by atoms with Crippen LogP contribution in [0, 0.1) is 0 Å². The van der Waals surface area contributed by atoms with Gasteiger partial charge in [-0.3, -0.25) is 0 Å². The molecule has 1 aromatic carbocycles. The lowest BCUT2D eigenvalue weighted by molar-refractivity contribution is 0.0682. The van der Waals surface area contributed by atoms with Crippen LogP contribution in [0.15, 0.2) is 24.3 Å². The highest BCUT2D eigenvalue weighted by atomic mass is 16.5. The fourth-order valence-electron chi connectivity index (χ4n) is 2.54. The van der Waals surface area contributed by atoms with Crippen molar-refractivity contribution in [3.8, 4) is 0 Å². The number of rotatable bonds is 5. The largest absolute Gasteiger partial charge is 0.382 e. The molecule has 1 aliphatic carbocycles. The Morgan fingerprint density at radius 2 is 1.72 bits per heavy atom. The van der Waals surface area contributed by atoms with Crippen LogP contribution < -0.4 is 5.32 Å². The third-order valence-electron chi connectivity index (χ3n) is 3.64. The number of hydrogen-bond acceptors (Lipinski definition) is 3. The van der Waals surface area contributed by atoms with Gasteiger partial charge in [0, 0.05) is 25.9 Å². The summed E-state index contributed by atoms with van der Waals surface area (Å²) < 4.78 is 10.5. The van der Waals surface area contributed by atoms with Gasteiger partial charge < -0.3 is 14.8 Å². The number of methoxy groups -OCH3 is 2. The van der Waals surface area contributed by atoms with Crippen molar-refractivity contribution < 1.29 is 9.47 Å². The Kier molecular flexibility index (Phi) is 5.02. The van der Waals surface area contributed by atoms with Crippen LogP contribution in [0.3, 0.4) is 0 Å². The summed E-state index contributed by atoms with van der Waals surface area (Å²) >= 11 is 0. The van der Waals surface area contributed by atoms with E-state index in [1.54, 1.807) is 7.11 Å². The molecule has 18 heavy (non-hydrogen) atoms. The van der Waals surface area contributed by atoms with Crippen molar-refractivity contribution in [1.29, 1.82) is 0 Å². The van der Waals surface area contributed by atoms with E-state index < -0.39 is 0 Å². The van der Waals surface area contributed by atoms with Gasteiger partial charge in [-0.25, -0.2) is 0 Å². The predicted molar refractivity (Wildman–Crippen MR) is 73.8 cm³/mol. The molecule has 0 spiro atoms. The summed E-state index contributed by atoms with van der Waals surface area (Å²) in [5.41, 5.74) is 2.42. The van der Waals surface area contributed by atoms with Crippen molar-refractivity contribution in [3.05, 3.63) is 29.8 Å². The fraction of sp³-hybridized carbons (Fsp3) is 0.600. The lowest BCUT2D eigenvalue weighted by atomic mass is 9.93. The monoisotopic (exact) mass is 249 g/mol. The maximum absolute atomic E-state index is 5.39. The second kappa shape index (κ2) is 6.76. The van der Waals surface area contributed by atoms with Crippen molar-refractivity contribution in [1.82, 2.24) is 0 Å². The van der Waals surface area contributed by atoms with Crippen LogP contribution in [0.25, 0.3) is 0 Å². The summed E-state index contributed by atoms with van der Waals surface area (Å²) in [5, 5.41) is 3.60. The third kappa shape index (κ3) is 3.72. The Hall–Kier alpha value is -1.06. The smallest absolute Gasteiger partial charge is 0.0713 e. The molecule has 1 aromatic rings. The van der Waals surface area contributed by atoms with Gasteiger partial charge in [-0.2, -0.15) is 0 Å². The molecule has 0 amide bonds. The van der Waals surface area contributed by atoms with Crippen molar-refractivity contribution in [2.24, 2.45) is 0 Å². The molecule has 0 saturated heterocycles. The van der Waals surface area contributed by atoms with Gasteiger partial charge in [0.2, 0.25) is 0 Å². The number of nitrogens with one attached hydrogen (secondary N) is 1. The average Bonchev–Trinajstić information content (AvgIpc) is 2.42. The van der Waals surface area contributed by atoms with Crippen molar-refractivity contribution in [2.45, 2.75) is 44.4 Å². The zero-order valence-electron chi connectivity index (χ0n) is 11.3. The SMILES string of the molecule is COCc1ccc(NC2CCC(OC)CC2)cc1. The Morgan fingerprint density at radius 3 is 2.28 bits per heavy atom. The zero-order valence-corrected chi connectivity index (χ0v) is 11.3. The standard InChI is InChI=1S/C15H23NO2/c1-17-11-12-3-5-13(6-4-12)16-14-7-9-15(18-2)10-8-14/h3-6,14-16H,7-11H2,1-2H3. The number of ether oxygens (including phenoxy) is 2. The summed E-state index contributed by atoms with van der Waals surface area (Å²) in [6.45, 7) is 0.680. The molecule has 0 unspecified atom stereocenters. The fourth-order valence-corrected chi connectivity index (χ4v) is 2.54. The van der Waals surface area contributed by atoms with Gasteiger partial charge in [0.25, 0.3) is 0 Å². The molecule has 0 atom stereocenters. The normalized spacial score (nSPS) is 23.9. The summed E-state index contributed by atoms with van der Waals surface area (Å²) in [6, 6.07) is 9.09. The predicted octanol–water partition coefficient (Wildman–Crippen LogP) is 3.20. The third-order valence-corrected chi connectivity index (χ3v) is 3.64. The highest BCUT2D eigenvalue weighted by molar-refractivity contribution is 5.45. The van der Waals surface area contributed by atoms with Crippen LogP contribution in [-0.2, 0) is 16.1 Å². The first-order chi connectivity index (χ1) is 8.81. The lowest BCUT2D eigenvalue weighted by Gasteiger charge is -2.28. The minimum atomic E-state index is 0.465. The molecule has 1 saturated carbocycles. The van der Waals surface area contributed by atoms with Crippen LogP contribution in [-0.4, -0.2) is 26.4 Å². The Balaban J connectivity index is 1.82. The quantitative estimate of drug-likeness (QED) is 0.869. The van der Waals surface area contributed by atoms with E-state index in [1.165, 1.54) is 24.1 Å². The lowest BCUT2D eigenvalue weighted by Crippen LogP contribution is -2.29. The second-order valence-corrected chi connectivity index (χ2v) is 4.98. The van der Waals surface area contributed by atoms with E-state index in [0.29, 0.717) is 18.8 Å². The molecular weight excluding hydrogens is 226 g/mol. The first-order valence-electron chi connectivity index (χ1n) is 6.69. The van der Waals surface area contributed by atoms with E-state index in [0.717, 1.165) is 12.8 Å². The molecule has 1 aliphatic rings. The molecule has 0 radical (unpaired) electrons. The molecule has 3 heteroatoms. The van der Waals surface area contributed by atoms with Crippen molar-refractivity contribution in [3.63, 3.8) is 0 Å². The van der Waals surface area contributed by atoms with Crippen LogP contribution >= 0.6 is 0 Å². The van der Waals surface area contributed by atoms with Crippen LogP contribution in [0.2, 0.25) is 0 Å². The molecular formula is C15H23NO2. The highest BCUT2D eigenvalue weighted by Gasteiger charge is 2.20. The number of benzene rings is 1. The summed E-state index contributed by atoms with van der Waals surface area (Å²) in [5.74, 6) is 0. The topological polar surface area (TPSA) is 30.5 Å².